The Labute approximate surface area is 81.6 Å². The van der Waals surface area contributed by atoms with E-state index in [1.165, 1.54) is 25.7 Å². The Morgan fingerprint density at radius 3 is 2.08 bits per heavy atom. The lowest BCUT2D eigenvalue weighted by atomic mass is 10.0. The van der Waals surface area contributed by atoms with Crippen LogP contribution >= 0.6 is 0 Å². The highest BCUT2D eigenvalue weighted by Crippen LogP contribution is 2.29. The zero-order chi connectivity index (χ0) is 9.52. The standard InChI is InChI=1S/C11H22O2/c1-3-12-11(13-4-2)9-10-7-5-6-8-10/h10-11H,3-9H2,1-2H3. The van der Waals surface area contributed by atoms with E-state index in [0.29, 0.717) is 0 Å². The topological polar surface area (TPSA) is 18.5 Å². The van der Waals surface area contributed by atoms with Crippen LogP contribution in [0.15, 0.2) is 0 Å². The van der Waals surface area contributed by atoms with Gasteiger partial charge in [-0.2, -0.15) is 0 Å². The summed E-state index contributed by atoms with van der Waals surface area (Å²) in [4.78, 5) is 0. The van der Waals surface area contributed by atoms with Crippen LogP contribution in [0.4, 0.5) is 0 Å². The van der Waals surface area contributed by atoms with Crippen LogP contribution in [0, 0.1) is 5.92 Å². The smallest absolute Gasteiger partial charge is 0.157 e. The van der Waals surface area contributed by atoms with E-state index in [4.69, 9.17) is 9.47 Å². The molecule has 0 aromatic heterocycles. The summed E-state index contributed by atoms with van der Waals surface area (Å²) in [7, 11) is 0. The van der Waals surface area contributed by atoms with Gasteiger partial charge in [0.25, 0.3) is 0 Å². The van der Waals surface area contributed by atoms with Gasteiger partial charge >= 0.3 is 0 Å². The van der Waals surface area contributed by atoms with E-state index in [2.05, 4.69) is 0 Å². The van der Waals surface area contributed by atoms with Crippen molar-refractivity contribution >= 4 is 0 Å². The maximum absolute atomic E-state index is 5.52. The average Bonchev–Trinajstić information content (AvgIpc) is 2.58. The van der Waals surface area contributed by atoms with E-state index in [9.17, 15) is 0 Å². The summed E-state index contributed by atoms with van der Waals surface area (Å²) in [5, 5.41) is 0. The molecule has 0 atom stereocenters. The normalized spacial score (nSPS) is 18.7. The highest BCUT2D eigenvalue weighted by atomic mass is 16.7. The third kappa shape index (κ3) is 4.10. The average molecular weight is 186 g/mol. The van der Waals surface area contributed by atoms with Crippen molar-refractivity contribution in [3.8, 4) is 0 Å². The second-order valence-electron chi connectivity index (χ2n) is 3.73. The molecule has 1 saturated carbocycles. The van der Waals surface area contributed by atoms with E-state index in [1.807, 2.05) is 13.8 Å². The van der Waals surface area contributed by atoms with Crippen LogP contribution in [0.5, 0.6) is 0 Å². The maximum Gasteiger partial charge on any atom is 0.157 e. The molecule has 0 aromatic carbocycles. The summed E-state index contributed by atoms with van der Waals surface area (Å²) in [6, 6.07) is 0. The van der Waals surface area contributed by atoms with Crippen LogP contribution < -0.4 is 0 Å². The van der Waals surface area contributed by atoms with Crippen molar-refractivity contribution in [3.05, 3.63) is 0 Å². The number of ether oxygens (including phenoxy) is 2. The molecule has 0 unspecified atom stereocenters. The number of hydrogen-bond acceptors (Lipinski definition) is 2. The number of rotatable bonds is 6. The molecule has 1 fully saturated rings. The Balaban J connectivity index is 2.19. The first-order valence-corrected chi connectivity index (χ1v) is 5.60. The molecule has 0 aromatic rings. The fourth-order valence-electron chi connectivity index (χ4n) is 2.07. The van der Waals surface area contributed by atoms with Crippen LogP contribution in [0.25, 0.3) is 0 Å². The van der Waals surface area contributed by atoms with Crippen molar-refractivity contribution in [2.75, 3.05) is 13.2 Å². The van der Waals surface area contributed by atoms with Gasteiger partial charge in [0.05, 0.1) is 0 Å². The summed E-state index contributed by atoms with van der Waals surface area (Å²) in [6.45, 7) is 5.58. The minimum Gasteiger partial charge on any atom is -0.353 e. The largest absolute Gasteiger partial charge is 0.353 e. The fraction of sp³-hybridized carbons (Fsp3) is 1.00. The van der Waals surface area contributed by atoms with Crippen molar-refractivity contribution in [1.82, 2.24) is 0 Å². The second-order valence-corrected chi connectivity index (χ2v) is 3.73. The van der Waals surface area contributed by atoms with Crippen molar-refractivity contribution in [1.29, 1.82) is 0 Å². The zero-order valence-corrected chi connectivity index (χ0v) is 8.92. The predicted octanol–water partition coefficient (Wildman–Crippen LogP) is 2.97. The molecule has 0 saturated heterocycles. The van der Waals surface area contributed by atoms with Crippen molar-refractivity contribution in [2.45, 2.75) is 52.2 Å². The molecule has 2 nitrogen and oxygen atoms in total. The molecule has 2 heteroatoms. The van der Waals surface area contributed by atoms with Crippen LogP contribution in [-0.2, 0) is 9.47 Å². The maximum atomic E-state index is 5.52. The van der Waals surface area contributed by atoms with E-state index in [0.717, 1.165) is 25.6 Å². The van der Waals surface area contributed by atoms with E-state index in [-0.39, 0.29) is 6.29 Å². The molecule has 0 spiro atoms. The van der Waals surface area contributed by atoms with Gasteiger partial charge < -0.3 is 9.47 Å². The van der Waals surface area contributed by atoms with Crippen molar-refractivity contribution in [3.63, 3.8) is 0 Å². The summed E-state index contributed by atoms with van der Waals surface area (Å²) < 4.78 is 11.0. The van der Waals surface area contributed by atoms with E-state index < -0.39 is 0 Å². The first-order valence-electron chi connectivity index (χ1n) is 5.60. The van der Waals surface area contributed by atoms with Gasteiger partial charge in [0, 0.05) is 19.6 Å². The van der Waals surface area contributed by atoms with Gasteiger partial charge in [0.15, 0.2) is 6.29 Å². The molecule has 78 valence electrons. The predicted molar refractivity (Wildman–Crippen MR) is 53.6 cm³/mol. The van der Waals surface area contributed by atoms with Crippen molar-refractivity contribution in [2.24, 2.45) is 5.92 Å². The fourth-order valence-corrected chi connectivity index (χ4v) is 2.07. The van der Waals surface area contributed by atoms with Crippen molar-refractivity contribution < 1.29 is 9.47 Å². The number of hydrogen-bond donors (Lipinski definition) is 0. The van der Waals surface area contributed by atoms with Crippen LogP contribution in [0.3, 0.4) is 0 Å². The monoisotopic (exact) mass is 186 g/mol. The highest BCUT2D eigenvalue weighted by molar-refractivity contribution is 4.68. The van der Waals surface area contributed by atoms with Gasteiger partial charge in [-0.15, -0.1) is 0 Å². The lowest BCUT2D eigenvalue weighted by molar-refractivity contribution is -0.145. The van der Waals surface area contributed by atoms with E-state index in [1.54, 1.807) is 0 Å². The first-order chi connectivity index (χ1) is 6.36. The van der Waals surface area contributed by atoms with Gasteiger partial charge in [-0.3, -0.25) is 0 Å². The molecule has 1 aliphatic carbocycles. The van der Waals surface area contributed by atoms with Gasteiger partial charge in [-0.25, -0.2) is 0 Å². The molecule has 0 heterocycles. The minimum atomic E-state index is 0.0538. The summed E-state index contributed by atoms with van der Waals surface area (Å²) >= 11 is 0. The molecule has 0 amide bonds. The quantitative estimate of drug-likeness (QED) is 0.594. The van der Waals surface area contributed by atoms with Gasteiger partial charge in [-0.05, 0) is 19.8 Å². The molecule has 13 heavy (non-hydrogen) atoms. The first kappa shape index (κ1) is 11.0. The van der Waals surface area contributed by atoms with Crippen LogP contribution in [0.1, 0.15) is 46.0 Å². The molecular weight excluding hydrogens is 164 g/mol. The lowest BCUT2D eigenvalue weighted by Gasteiger charge is -2.20. The Hall–Kier alpha value is -0.0800. The second kappa shape index (κ2) is 6.39. The van der Waals surface area contributed by atoms with Crippen LogP contribution in [-0.4, -0.2) is 19.5 Å². The molecule has 1 aliphatic rings. The molecule has 0 aliphatic heterocycles. The third-order valence-electron chi connectivity index (χ3n) is 2.71. The molecular formula is C11H22O2. The highest BCUT2D eigenvalue weighted by Gasteiger charge is 2.20. The zero-order valence-electron chi connectivity index (χ0n) is 8.92. The summed E-state index contributed by atoms with van der Waals surface area (Å²) in [5.41, 5.74) is 0. The van der Waals surface area contributed by atoms with E-state index >= 15 is 0 Å². The molecule has 1 rings (SSSR count). The summed E-state index contributed by atoms with van der Waals surface area (Å²) in [5.74, 6) is 0.850. The van der Waals surface area contributed by atoms with Gasteiger partial charge in [-0.1, -0.05) is 25.7 Å². The minimum absolute atomic E-state index is 0.0538. The van der Waals surface area contributed by atoms with Gasteiger partial charge in [0.2, 0.25) is 0 Å². The SMILES string of the molecule is CCOC(CC1CCCC1)OCC. The Morgan fingerprint density at radius 1 is 1.08 bits per heavy atom. The lowest BCUT2D eigenvalue weighted by Crippen LogP contribution is -2.20. The molecule has 0 bridgehead atoms. The Kier molecular flexibility index (Phi) is 5.40. The molecule has 0 radical (unpaired) electrons. The third-order valence-corrected chi connectivity index (χ3v) is 2.71. The van der Waals surface area contributed by atoms with Gasteiger partial charge in [0.1, 0.15) is 0 Å². The van der Waals surface area contributed by atoms with Crippen LogP contribution in [0.2, 0.25) is 0 Å². The summed E-state index contributed by atoms with van der Waals surface area (Å²) in [6.07, 6.45) is 6.69. The Bertz CT molecular complexity index is 113. The Morgan fingerprint density at radius 2 is 1.62 bits per heavy atom. The molecule has 0 N–H and O–H groups in total.